The van der Waals surface area contributed by atoms with Crippen molar-refractivity contribution in [2.24, 2.45) is 0 Å². The molecular weight excluding hydrogens is 488 g/mol. The molecule has 0 aliphatic carbocycles. The molecule has 1 aliphatic heterocycles. The van der Waals surface area contributed by atoms with E-state index in [1.165, 1.54) is 17.0 Å². The second kappa shape index (κ2) is 11.3. The third kappa shape index (κ3) is 6.67. The number of hydrogen-bond acceptors (Lipinski definition) is 5. The van der Waals surface area contributed by atoms with Crippen LogP contribution in [0.1, 0.15) is 46.6 Å². The monoisotopic (exact) mass is 514 g/mol. The Bertz CT molecular complexity index is 1210. The number of carbonyl (C=O) groups excluding carboxylic acids is 2. The van der Waals surface area contributed by atoms with E-state index in [0.717, 1.165) is 5.56 Å². The Morgan fingerprint density at radius 1 is 1.19 bits per heavy atom. The maximum Gasteiger partial charge on any atom is 0.490 e. The van der Waals surface area contributed by atoms with E-state index in [0.29, 0.717) is 36.3 Å². The van der Waals surface area contributed by atoms with Gasteiger partial charge in [0.2, 0.25) is 5.91 Å². The molecule has 1 aromatic carbocycles. The topological polar surface area (TPSA) is 124 Å². The predicted octanol–water partition coefficient (Wildman–Crippen LogP) is 2.44. The predicted molar refractivity (Wildman–Crippen MR) is 120 cm³/mol. The zero-order chi connectivity index (χ0) is 27.4. The molecular formula is C23H26F4N4O5. The number of benzene rings is 1. The quantitative estimate of drug-likeness (QED) is 0.605. The summed E-state index contributed by atoms with van der Waals surface area (Å²) < 4.78 is 46.2. The highest BCUT2D eigenvalue weighted by Crippen LogP contribution is 2.20. The Balaban J connectivity index is 0.000000572. The highest BCUT2D eigenvalue weighted by atomic mass is 19.4. The van der Waals surface area contributed by atoms with Gasteiger partial charge in [0.25, 0.3) is 11.5 Å². The first kappa shape index (κ1) is 28.5. The number of rotatable bonds is 4. The van der Waals surface area contributed by atoms with Gasteiger partial charge < -0.3 is 14.9 Å². The molecule has 1 unspecified atom stereocenters. The minimum atomic E-state index is -5.08. The zero-order valence-corrected chi connectivity index (χ0v) is 20.1. The number of nitrogens with zero attached hydrogens (tertiary/aromatic N) is 3. The second-order valence-corrected chi connectivity index (χ2v) is 8.26. The maximum absolute atomic E-state index is 14.4. The van der Waals surface area contributed by atoms with Gasteiger partial charge in [-0.05, 0) is 51.0 Å². The van der Waals surface area contributed by atoms with Gasteiger partial charge in [-0.2, -0.15) is 18.3 Å². The molecule has 2 N–H and O–H groups in total. The van der Waals surface area contributed by atoms with Crippen LogP contribution in [0.2, 0.25) is 0 Å². The number of nitrogens with one attached hydrogen (secondary N) is 1. The van der Waals surface area contributed by atoms with E-state index in [-0.39, 0.29) is 29.6 Å². The fourth-order valence-electron chi connectivity index (χ4n) is 3.68. The average molecular weight is 514 g/mol. The van der Waals surface area contributed by atoms with Crippen molar-refractivity contribution in [3.63, 3.8) is 0 Å². The van der Waals surface area contributed by atoms with Crippen molar-refractivity contribution >= 4 is 17.8 Å². The lowest BCUT2D eigenvalue weighted by atomic mass is 10.0. The number of carbonyl (C=O) groups is 3. The summed E-state index contributed by atoms with van der Waals surface area (Å²) in [5.41, 5.74) is 2.39. The first-order valence-electron chi connectivity index (χ1n) is 10.9. The molecule has 1 aromatic heterocycles. The molecule has 1 saturated heterocycles. The summed E-state index contributed by atoms with van der Waals surface area (Å²) in [6, 6.07) is 4.23. The summed E-state index contributed by atoms with van der Waals surface area (Å²) in [6.45, 7) is 8.18. The van der Waals surface area contributed by atoms with E-state index >= 15 is 0 Å². The minimum Gasteiger partial charge on any atom is -0.475 e. The van der Waals surface area contributed by atoms with E-state index in [1.54, 1.807) is 17.9 Å². The average Bonchev–Trinajstić information content (AvgIpc) is 2.79. The van der Waals surface area contributed by atoms with Crippen LogP contribution in [0.4, 0.5) is 17.6 Å². The van der Waals surface area contributed by atoms with Crippen molar-refractivity contribution in [1.82, 2.24) is 20.0 Å². The molecule has 1 fully saturated rings. The van der Waals surface area contributed by atoms with E-state index in [2.05, 4.69) is 10.2 Å². The first-order chi connectivity index (χ1) is 16.7. The number of piperazine rings is 1. The molecule has 196 valence electrons. The van der Waals surface area contributed by atoms with Crippen LogP contribution in [0.3, 0.4) is 0 Å². The molecule has 36 heavy (non-hydrogen) atoms. The first-order valence-corrected chi connectivity index (χ1v) is 10.9. The highest BCUT2D eigenvalue weighted by Gasteiger charge is 2.38. The van der Waals surface area contributed by atoms with Crippen LogP contribution >= 0.6 is 0 Å². The molecule has 0 bridgehead atoms. The third-order valence-electron chi connectivity index (χ3n) is 5.79. The molecule has 2 aromatic rings. The van der Waals surface area contributed by atoms with Crippen LogP contribution in [-0.4, -0.2) is 74.7 Å². The molecule has 9 nitrogen and oxygen atoms in total. The Morgan fingerprint density at radius 2 is 1.81 bits per heavy atom. The molecule has 13 heteroatoms. The molecule has 2 heterocycles. The molecule has 0 spiro atoms. The Kier molecular flexibility index (Phi) is 8.94. The molecule has 0 radical (unpaired) electrons. The van der Waals surface area contributed by atoms with Crippen molar-refractivity contribution in [2.75, 3.05) is 19.6 Å². The fourth-order valence-corrected chi connectivity index (χ4v) is 3.68. The number of hydrogen-bond donors (Lipinski definition) is 2. The third-order valence-corrected chi connectivity index (χ3v) is 5.79. The smallest absolute Gasteiger partial charge is 0.475 e. The number of aliphatic carboxylic acids is 1. The van der Waals surface area contributed by atoms with Crippen molar-refractivity contribution in [3.05, 3.63) is 62.3 Å². The second-order valence-electron chi connectivity index (χ2n) is 8.26. The van der Waals surface area contributed by atoms with Crippen LogP contribution in [0.15, 0.2) is 23.0 Å². The van der Waals surface area contributed by atoms with Gasteiger partial charge >= 0.3 is 12.1 Å². The van der Waals surface area contributed by atoms with Crippen molar-refractivity contribution in [2.45, 2.75) is 46.3 Å². The zero-order valence-electron chi connectivity index (χ0n) is 20.1. The number of aromatic amines is 1. The van der Waals surface area contributed by atoms with Gasteiger partial charge in [-0.1, -0.05) is 6.07 Å². The van der Waals surface area contributed by atoms with Crippen LogP contribution in [0.5, 0.6) is 0 Å². The number of amides is 2. The lowest BCUT2D eigenvalue weighted by Gasteiger charge is -2.39. The van der Waals surface area contributed by atoms with Gasteiger partial charge in [-0.25, -0.2) is 14.3 Å². The summed E-state index contributed by atoms with van der Waals surface area (Å²) in [7, 11) is 0. The lowest BCUT2D eigenvalue weighted by molar-refractivity contribution is -0.192. The fraction of sp³-hybridized carbons (Fsp3) is 0.435. The SMILES string of the molecule is CCN1C(=O)CN(C(=O)c2cc(Cc3n[nH]c(=O)c(C)c3C)ccc2F)CC1C.O=C(O)C(F)(F)F. The van der Waals surface area contributed by atoms with Crippen LogP contribution < -0.4 is 5.56 Å². The summed E-state index contributed by atoms with van der Waals surface area (Å²) >= 11 is 0. The van der Waals surface area contributed by atoms with Crippen molar-refractivity contribution < 1.29 is 37.1 Å². The number of carboxylic acids is 1. The normalized spacial score (nSPS) is 15.9. The molecule has 3 rings (SSSR count). The maximum atomic E-state index is 14.4. The number of H-pyrrole nitrogens is 1. The largest absolute Gasteiger partial charge is 0.490 e. The number of alkyl halides is 3. The summed E-state index contributed by atoms with van der Waals surface area (Å²) in [4.78, 5) is 48.9. The van der Waals surface area contributed by atoms with E-state index < -0.39 is 23.9 Å². The highest BCUT2D eigenvalue weighted by molar-refractivity contribution is 5.97. The lowest BCUT2D eigenvalue weighted by Crippen LogP contribution is -2.56. The standard InChI is InChI=1S/C21H25FN4O3.C2HF3O2/c1-5-26-12(2)10-25(11-19(26)27)21(29)16-8-15(6-7-17(16)22)9-18-13(3)14(4)20(28)24-23-18;3-2(4,5)1(6)7/h6-8,12H,5,9-11H2,1-4H3,(H,24,28);(H,6,7). The van der Waals surface area contributed by atoms with Gasteiger partial charge in [-0.3, -0.25) is 14.4 Å². The summed E-state index contributed by atoms with van der Waals surface area (Å²) in [6.07, 6.45) is -4.73. The number of halogens is 4. The van der Waals surface area contributed by atoms with Gasteiger partial charge in [0.15, 0.2) is 0 Å². The molecule has 0 saturated carbocycles. The number of carboxylic acid groups (broad SMARTS) is 1. The van der Waals surface area contributed by atoms with Crippen LogP contribution in [-0.2, 0) is 16.0 Å². The minimum absolute atomic E-state index is 0.0551. The Labute approximate surface area is 203 Å². The van der Waals surface area contributed by atoms with E-state index in [4.69, 9.17) is 9.90 Å². The Morgan fingerprint density at radius 3 is 2.33 bits per heavy atom. The Hall–Kier alpha value is -3.77. The molecule has 1 aliphatic rings. The number of aromatic nitrogens is 2. The van der Waals surface area contributed by atoms with E-state index in [1.807, 2.05) is 20.8 Å². The summed E-state index contributed by atoms with van der Waals surface area (Å²) in [5.74, 6) is -4.02. The van der Waals surface area contributed by atoms with Crippen LogP contribution in [0.25, 0.3) is 0 Å². The van der Waals surface area contributed by atoms with E-state index in [9.17, 15) is 31.9 Å². The summed E-state index contributed by atoms with van der Waals surface area (Å²) in [5, 5.41) is 13.7. The van der Waals surface area contributed by atoms with Gasteiger partial charge in [-0.15, -0.1) is 0 Å². The molecule has 2 amide bonds. The number of likely N-dealkylation sites (N-methyl/N-ethyl adjacent to an activating group) is 1. The van der Waals surface area contributed by atoms with Gasteiger partial charge in [0.1, 0.15) is 12.4 Å². The van der Waals surface area contributed by atoms with Crippen molar-refractivity contribution in [1.29, 1.82) is 0 Å². The van der Waals surface area contributed by atoms with Crippen LogP contribution in [0, 0.1) is 19.7 Å². The van der Waals surface area contributed by atoms with Gasteiger partial charge in [0, 0.05) is 31.1 Å². The van der Waals surface area contributed by atoms with Gasteiger partial charge in [0.05, 0.1) is 11.3 Å². The van der Waals surface area contributed by atoms with Crippen molar-refractivity contribution in [3.8, 4) is 0 Å². The molecule has 1 atom stereocenters.